The molecule has 2 aromatic rings. The lowest BCUT2D eigenvalue weighted by Crippen LogP contribution is -2.23. The van der Waals surface area contributed by atoms with Crippen LogP contribution in [0.4, 0.5) is 5.69 Å². The van der Waals surface area contributed by atoms with Crippen LogP contribution in [0.1, 0.15) is 12.0 Å². The highest BCUT2D eigenvalue weighted by molar-refractivity contribution is 5.90. The van der Waals surface area contributed by atoms with Crippen LogP contribution in [0.15, 0.2) is 54.6 Å². The van der Waals surface area contributed by atoms with Gasteiger partial charge < -0.3 is 15.4 Å². The molecule has 22 heavy (non-hydrogen) atoms. The number of anilines is 1. The Morgan fingerprint density at radius 3 is 2.41 bits per heavy atom. The molecule has 0 saturated heterocycles. The molecule has 0 heterocycles. The smallest absolute Gasteiger partial charge is 0.225 e. The first-order valence-electron chi connectivity index (χ1n) is 7.46. The number of methoxy groups -OCH3 is 1. The zero-order valence-corrected chi connectivity index (χ0v) is 12.8. The van der Waals surface area contributed by atoms with Gasteiger partial charge >= 0.3 is 0 Å². The number of hydrogen-bond acceptors (Lipinski definition) is 3. The van der Waals surface area contributed by atoms with Gasteiger partial charge in [0.25, 0.3) is 0 Å². The van der Waals surface area contributed by atoms with Gasteiger partial charge in [-0.3, -0.25) is 4.79 Å². The van der Waals surface area contributed by atoms with Crippen molar-refractivity contribution in [1.29, 1.82) is 0 Å². The normalized spacial score (nSPS) is 10.2. The molecular formula is C18H22N2O2. The van der Waals surface area contributed by atoms with Crippen LogP contribution in [-0.4, -0.2) is 26.1 Å². The van der Waals surface area contributed by atoms with Crippen LogP contribution in [0.3, 0.4) is 0 Å². The molecule has 0 spiro atoms. The molecule has 4 nitrogen and oxygen atoms in total. The van der Waals surface area contributed by atoms with Gasteiger partial charge in [0.15, 0.2) is 0 Å². The van der Waals surface area contributed by atoms with Gasteiger partial charge in [-0.25, -0.2) is 0 Å². The summed E-state index contributed by atoms with van der Waals surface area (Å²) in [4.78, 5) is 11.8. The molecule has 0 aliphatic carbocycles. The Balaban J connectivity index is 1.59. The van der Waals surface area contributed by atoms with E-state index in [2.05, 4.69) is 22.8 Å². The number of carbonyl (C=O) groups is 1. The Kier molecular flexibility index (Phi) is 6.45. The van der Waals surface area contributed by atoms with E-state index in [0.717, 1.165) is 24.4 Å². The van der Waals surface area contributed by atoms with Crippen molar-refractivity contribution >= 4 is 11.6 Å². The zero-order chi connectivity index (χ0) is 15.6. The van der Waals surface area contributed by atoms with Gasteiger partial charge in [-0.1, -0.05) is 30.3 Å². The van der Waals surface area contributed by atoms with Crippen molar-refractivity contribution in [3.8, 4) is 5.75 Å². The summed E-state index contributed by atoms with van der Waals surface area (Å²) in [6.07, 6.45) is 1.40. The van der Waals surface area contributed by atoms with Crippen molar-refractivity contribution in [3.63, 3.8) is 0 Å². The fraction of sp³-hybridized carbons (Fsp3) is 0.278. The molecule has 0 aliphatic rings. The summed E-state index contributed by atoms with van der Waals surface area (Å²) in [7, 11) is 1.66. The zero-order valence-electron chi connectivity index (χ0n) is 12.8. The molecule has 116 valence electrons. The van der Waals surface area contributed by atoms with Crippen molar-refractivity contribution in [2.24, 2.45) is 0 Å². The van der Waals surface area contributed by atoms with Gasteiger partial charge in [-0.2, -0.15) is 0 Å². The summed E-state index contributed by atoms with van der Waals surface area (Å²) in [5.41, 5.74) is 2.09. The third-order valence-corrected chi connectivity index (χ3v) is 3.34. The van der Waals surface area contributed by atoms with Gasteiger partial charge in [-0.05, 0) is 42.8 Å². The maximum Gasteiger partial charge on any atom is 0.225 e. The SMILES string of the molecule is COc1ccc(CCNCCC(=O)Nc2ccccc2)cc1. The van der Waals surface area contributed by atoms with E-state index in [0.29, 0.717) is 13.0 Å². The Morgan fingerprint density at radius 2 is 1.73 bits per heavy atom. The summed E-state index contributed by atoms with van der Waals surface area (Å²) in [6, 6.07) is 17.5. The summed E-state index contributed by atoms with van der Waals surface area (Å²) in [5.74, 6) is 0.900. The summed E-state index contributed by atoms with van der Waals surface area (Å²) in [5, 5.41) is 6.16. The monoisotopic (exact) mass is 298 g/mol. The first kappa shape index (κ1) is 16.0. The van der Waals surface area contributed by atoms with E-state index >= 15 is 0 Å². The molecule has 0 fully saturated rings. The topological polar surface area (TPSA) is 50.4 Å². The van der Waals surface area contributed by atoms with Crippen LogP contribution >= 0.6 is 0 Å². The number of ether oxygens (including phenoxy) is 1. The standard InChI is InChI=1S/C18H22N2O2/c1-22-17-9-7-15(8-10-17)11-13-19-14-12-18(21)20-16-5-3-2-4-6-16/h2-10,19H,11-14H2,1H3,(H,20,21). The van der Waals surface area contributed by atoms with Crippen LogP contribution in [0.25, 0.3) is 0 Å². The molecule has 0 bridgehead atoms. The maximum absolute atomic E-state index is 11.8. The second-order valence-corrected chi connectivity index (χ2v) is 5.01. The lowest BCUT2D eigenvalue weighted by atomic mass is 10.1. The molecule has 4 heteroatoms. The molecule has 0 radical (unpaired) electrons. The van der Waals surface area contributed by atoms with Crippen molar-refractivity contribution < 1.29 is 9.53 Å². The fourth-order valence-corrected chi connectivity index (χ4v) is 2.10. The number of para-hydroxylation sites is 1. The molecule has 0 aliphatic heterocycles. The van der Waals surface area contributed by atoms with Crippen LogP contribution < -0.4 is 15.4 Å². The van der Waals surface area contributed by atoms with E-state index in [9.17, 15) is 4.79 Å². The molecule has 2 N–H and O–H groups in total. The van der Waals surface area contributed by atoms with Gasteiger partial charge in [-0.15, -0.1) is 0 Å². The van der Waals surface area contributed by atoms with Crippen molar-refractivity contribution in [2.45, 2.75) is 12.8 Å². The minimum absolute atomic E-state index is 0.0307. The van der Waals surface area contributed by atoms with E-state index in [1.54, 1.807) is 7.11 Å². The van der Waals surface area contributed by atoms with Gasteiger partial charge in [0.1, 0.15) is 5.75 Å². The number of rotatable bonds is 8. The van der Waals surface area contributed by atoms with E-state index in [4.69, 9.17) is 4.74 Å². The molecule has 1 amide bonds. The van der Waals surface area contributed by atoms with Gasteiger partial charge in [0, 0.05) is 18.7 Å². The Bertz CT molecular complexity index is 567. The first-order chi connectivity index (χ1) is 10.8. The largest absolute Gasteiger partial charge is 0.497 e. The number of amides is 1. The first-order valence-corrected chi connectivity index (χ1v) is 7.46. The summed E-state index contributed by atoms with van der Waals surface area (Å²) in [6.45, 7) is 1.53. The third kappa shape index (κ3) is 5.58. The van der Waals surface area contributed by atoms with Crippen molar-refractivity contribution in [3.05, 3.63) is 60.2 Å². The minimum Gasteiger partial charge on any atom is -0.497 e. The third-order valence-electron chi connectivity index (χ3n) is 3.34. The van der Waals surface area contributed by atoms with Crippen molar-refractivity contribution in [2.75, 3.05) is 25.5 Å². The van der Waals surface area contributed by atoms with Crippen LogP contribution in [-0.2, 0) is 11.2 Å². The molecule has 2 aromatic carbocycles. The van der Waals surface area contributed by atoms with E-state index in [-0.39, 0.29) is 5.91 Å². The molecule has 0 saturated carbocycles. The van der Waals surface area contributed by atoms with Gasteiger partial charge in [0.05, 0.1) is 7.11 Å². The lowest BCUT2D eigenvalue weighted by molar-refractivity contribution is -0.116. The number of carbonyl (C=O) groups excluding carboxylic acids is 1. The predicted octanol–water partition coefficient (Wildman–Crippen LogP) is 2.86. The summed E-state index contributed by atoms with van der Waals surface area (Å²) >= 11 is 0. The molecule has 2 rings (SSSR count). The van der Waals surface area contributed by atoms with Crippen LogP contribution in [0.5, 0.6) is 5.75 Å². The lowest BCUT2D eigenvalue weighted by Gasteiger charge is -2.07. The Hall–Kier alpha value is -2.33. The fourth-order valence-electron chi connectivity index (χ4n) is 2.10. The highest BCUT2D eigenvalue weighted by atomic mass is 16.5. The second-order valence-electron chi connectivity index (χ2n) is 5.01. The van der Waals surface area contributed by atoms with Gasteiger partial charge in [0.2, 0.25) is 5.91 Å². The predicted molar refractivity (Wildman–Crippen MR) is 89.3 cm³/mol. The average molecular weight is 298 g/mol. The number of benzene rings is 2. The van der Waals surface area contributed by atoms with Crippen molar-refractivity contribution in [1.82, 2.24) is 5.32 Å². The van der Waals surface area contributed by atoms with E-state index in [1.807, 2.05) is 42.5 Å². The molecular weight excluding hydrogens is 276 g/mol. The highest BCUT2D eigenvalue weighted by Gasteiger charge is 2.01. The molecule has 0 unspecified atom stereocenters. The molecule has 0 aromatic heterocycles. The van der Waals surface area contributed by atoms with E-state index < -0.39 is 0 Å². The highest BCUT2D eigenvalue weighted by Crippen LogP contribution is 2.11. The Morgan fingerprint density at radius 1 is 1.00 bits per heavy atom. The quantitative estimate of drug-likeness (QED) is 0.737. The van der Waals surface area contributed by atoms with E-state index in [1.165, 1.54) is 5.56 Å². The maximum atomic E-state index is 11.8. The van der Waals surface area contributed by atoms with Crippen LogP contribution in [0, 0.1) is 0 Å². The van der Waals surface area contributed by atoms with Crippen LogP contribution in [0.2, 0.25) is 0 Å². The number of nitrogens with one attached hydrogen (secondary N) is 2. The second kappa shape index (κ2) is 8.85. The summed E-state index contributed by atoms with van der Waals surface area (Å²) < 4.78 is 5.13. The average Bonchev–Trinajstić information content (AvgIpc) is 2.56. The number of hydrogen-bond donors (Lipinski definition) is 2. The minimum atomic E-state index is 0.0307. The Labute approximate surface area is 131 Å². The molecule has 0 atom stereocenters.